The molecule has 0 aliphatic rings. The van der Waals surface area contributed by atoms with Crippen molar-refractivity contribution in [1.82, 2.24) is 5.32 Å². The van der Waals surface area contributed by atoms with Gasteiger partial charge in [-0.05, 0) is 34.5 Å². The summed E-state index contributed by atoms with van der Waals surface area (Å²) in [6.45, 7) is 1.53. The minimum absolute atomic E-state index is 0.0515. The van der Waals surface area contributed by atoms with Gasteiger partial charge in [0.15, 0.2) is 0 Å². The fraction of sp³-hybridized carbons (Fsp3) is 0.300. The van der Waals surface area contributed by atoms with Crippen LogP contribution in [0.25, 0.3) is 0 Å². The minimum atomic E-state index is -3.63. The van der Waals surface area contributed by atoms with Gasteiger partial charge in [0.25, 0.3) is 5.91 Å². The normalized spacial score (nSPS) is 11.3. The Morgan fingerprint density at radius 1 is 1.50 bits per heavy atom. The third kappa shape index (κ3) is 4.04. The van der Waals surface area contributed by atoms with Gasteiger partial charge in [0.1, 0.15) is 5.82 Å². The van der Waals surface area contributed by atoms with Crippen LogP contribution in [-0.4, -0.2) is 26.6 Å². The van der Waals surface area contributed by atoms with Crippen LogP contribution in [0.2, 0.25) is 0 Å². The molecule has 1 amide bonds. The van der Waals surface area contributed by atoms with Crippen LogP contribution in [0.1, 0.15) is 15.9 Å². The molecule has 1 aromatic carbocycles. The molecule has 0 bridgehead atoms. The second kappa shape index (κ2) is 5.77. The largest absolute Gasteiger partial charge is 0.351 e. The molecule has 0 aromatic heterocycles. The Morgan fingerprint density at radius 2 is 2.11 bits per heavy atom. The topological polar surface area (TPSA) is 89.3 Å². The summed E-state index contributed by atoms with van der Waals surface area (Å²) in [4.78, 5) is 11.8. The van der Waals surface area contributed by atoms with Gasteiger partial charge < -0.3 is 5.32 Å². The first-order chi connectivity index (χ1) is 8.22. The molecule has 0 unspecified atom stereocenters. The van der Waals surface area contributed by atoms with Crippen LogP contribution >= 0.6 is 15.9 Å². The molecule has 0 atom stereocenters. The Balaban J connectivity index is 2.82. The Hall–Kier alpha value is -0.990. The summed E-state index contributed by atoms with van der Waals surface area (Å²) in [5, 5.41) is 7.17. The van der Waals surface area contributed by atoms with E-state index in [1.54, 1.807) is 6.92 Å². The van der Waals surface area contributed by atoms with Gasteiger partial charge in [0.05, 0.1) is 15.8 Å². The third-order valence-corrected chi connectivity index (χ3v) is 3.75. The molecule has 0 saturated heterocycles. The van der Waals surface area contributed by atoms with Crippen LogP contribution < -0.4 is 10.5 Å². The molecule has 0 aliphatic carbocycles. The van der Waals surface area contributed by atoms with E-state index in [1.807, 2.05) is 0 Å². The molecule has 0 spiro atoms. The fourth-order valence-electron chi connectivity index (χ4n) is 1.32. The molecule has 5 nitrogen and oxygen atoms in total. The number of nitrogens with one attached hydrogen (secondary N) is 1. The van der Waals surface area contributed by atoms with Gasteiger partial charge in [-0.1, -0.05) is 6.07 Å². The number of hydrogen-bond donors (Lipinski definition) is 2. The first kappa shape index (κ1) is 15.1. The summed E-state index contributed by atoms with van der Waals surface area (Å²) in [5.41, 5.74) is 0.723. The Labute approximate surface area is 113 Å². The van der Waals surface area contributed by atoms with Crippen LogP contribution in [0.5, 0.6) is 0 Å². The smallest absolute Gasteiger partial charge is 0.252 e. The number of carbonyl (C=O) groups is 1. The van der Waals surface area contributed by atoms with E-state index in [2.05, 4.69) is 21.2 Å². The number of benzene rings is 1. The molecular formula is C10H12BrFN2O3S. The number of rotatable bonds is 4. The minimum Gasteiger partial charge on any atom is -0.351 e. The van der Waals surface area contributed by atoms with Gasteiger partial charge in [-0.25, -0.2) is 17.9 Å². The van der Waals surface area contributed by atoms with E-state index >= 15 is 0 Å². The molecule has 0 radical (unpaired) electrons. The number of amides is 1. The first-order valence-electron chi connectivity index (χ1n) is 4.95. The SMILES string of the molecule is Cc1ccc(F)c(Br)c1C(=O)NCCS(N)(=O)=O. The van der Waals surface area contributed by atoms with E-state index in [-0.39, 0.29) is 22.3 Å². The predicted molar refractivity (Wildman–Crippen MR) is 69.1 cm³/mol. The molecule has 0 heterocycles. The Morgan fingerprint density at radius 3 is 2.67 bits per heavy atom. The zero-order chi connectivity index (χ0) is 13.9. The summed E-state index contributed by atoms with van der Waals surface area (Å²) < 4.78 is 34.7. The molecule has 8 heteroatoms. The molecule has 18 heavy (non-hydrogen) atoms. The van der Waals surface area contributed by atoms with Crippen molar-refractivity contribution < 1.29 is 17.6 Å². The van der Waals surface area contributed by atoms with E-state index in [9.17, 15) is 17.6 Å². The Kier molecular flexibility index (Phi) is 4.83. The van der Waals surface area contributed by atoms with Crippen molar-refractivity contribution in [2.75, 3.05) is 12.3 Å². The van der Waals surface area contributed by atoms with Crippen LogP contribution in [0.15, 0.2) is 16.6 Å². The monoisotopic (exact) mass is 338 g/mol. The van der Waals surface area contributed by atoms with Gasteiger partial charge in [0.2, 0.25) is 10.0 Å². The highest BCUT2D eigenvalue weighted by atomic mass is 79.9. The molecule has 0 fully saturated rings. The van der Waals surface area contributed by atoms with Crippen molar-refractivity contribution in [2.45, 2.75) is 6.92 Å². The van der Waals surface area contributed by atoms with E-state index in [1.165, 1.54) is 12.1 Å². The fourth-order valence-corrected chi connectivity index (χ4v) is 2.33. The molecule has 1 aromatic rings. The average Bonchev–Trinajstić information content (AvgIpc) is 2.22. The lowest BCUT2D eigenvalue weighted by atomic mass is 10.1. The second-order valence-electron chi connectivity index (χ2n) is 3.68. The van der Waals surface area contributed by atoms with Crippen LogP contribution in [0.3, 0.4) is 0 Å². The Bertz CT molecular complexity index is 575. The molecule has 3 N–H and O–H groups in total. The van der Waals surface area contributed by atoms with Crippen molar-refractivity contribution >= 4 is 31.9 Å². The summed E-state index contributed by atoms with van der Waals surface area (Å²) in [6.07, 6.45) is 0. The molecule has 100 valence electrons. The van der Waals surface area contributed by atoms with Crippen molar-refractivity contribution in [3.05, 3.63) is 33.5 Å². The highest BCUT2D eigenvalue weighted by Crippen LogP contribution is 2.23. The first-order valence-corrected chi connectivity index (χ1v) is 7.46. The number of primary sulfonamides is 1. The zero-order valence-corrected chi connectivity index (χ0v) is 11.9. The number of halogens is 2. The van der Waals surface area contributed by atoms with Crippen molar-refractivity contribution in [1.29, 1.82) is 0 Å². The summed E-state index contributed by atoms with van der Waals surface area (Å²) in [7, 11) is -3.63. The van der Waals surface area contributed by atoms with Crippen LogP contribution in [0, 0.1) is 12.7 Å². The molecule has 0 saturated carbocycles. The molecule has 1 rings (SSSR count). The van der Waals surface area contributed by atoms with E-state index in [4.69, 9.17) is 5.14 Å². The summed E-state index contributed by atoms with van der Waals surface area (Å²) >= 11 is 2.98. The van der Waals surface area contributed by atoms with Crippen molar-refractivity contribution in [3.8, 4) is 0 Å². The number of sulfonamides is 1. The summed E-state index contributed by atoms with van der Waals surface area (Å²) in [6, 6.07) is 2.70. The lowest BCUT2D eigenvalue weighted by Gasteiger charge is -2.09. The predicted octanol–water partition coefficient (Wildman–Crippen LogP) is 0.915. The van der Waals surface area contributed by atoms with Gasteiger partial charge in [-0.3, -0.25) is 4.79 Å². The maximum absolute atomic E-state index is 13.3. The van der Waals surface area contributed by atoms with Crippen molar-refractivity contribution in [2.24, 2.45) is 5.14 Å². The highest BCUT2D eigenvalue weighted by molar-refractivity contribution is 9.10. The van der Waals surface area contributed by atoms with Gasteiger partial charge in [0, 0.05) is 6.54 Å². The zero-order valence-electron chi connectivity index (χ0n) is 9.54. The lowest BCUT2D eigenvalue weighted by Crippen LogP contribution is -2.32. The van der Waals surface area contributed by atoms with E-state index in [0.29, 0.717) is 5.56 Å². The van der Waals surface area contributed by atoms with Crippen LogP contribution in [-0.2, 0) is 10.0 Å². The highest BCUT2D eigenvalue weighted by Gasteiger charge is 2.16. The van der Waals surface area contributed by atoms with Crippen molar-refractivity contribution in [3.63, 3.8) is 0 Å². The number of hydrogen-bond acceptors (Lipinski definition) is 3. The summed E-state index contributed by atoms with van der Waals surface area (Å²) in [5.74, 6) is -1.48. The van der Waals surface area contributed by atoms with E-state index in [0.717, 1.165) is 0 Å². The van der Waals surface area contributed by atoms with Gasteiger partial charge in [-0.15, -0.1) is 0 Å². The second-order valence-corrected chi connectivity index (χ2v) is 6.20. The standard InChI is InChI=1S/C10H12BrFN2O3S/c1-6-2-3-7(12)9(11)8(6)10(15)14-4-5-18(13,16)17/h2-3H,4-5H2,1H3,(H,14,15)(H2,13,16,17). The number of nitrogens with two attached hydrogens (primary N) is 1. The lowest BCUT2D eigenvalue weighted by molar-refractivity contribution is 0.0954. The van der Waals surface area contributed by atoms with E-state index < -0.39 is 21.7 Å². The quantitative estimate of drug-likeness (QED) is 0.855. The maximum Gasteiger partial charge on any atom is 0.252 e. The molecular weight excluding hydrogens is 327 g/mol. The third-order valence-electron chi connectivity index (χ3n) is 2.20. The molecule has 0 aliphatic heterocycles. The van der Waals surface area contributed by atoms with Gasteiger partial charge >= 0.3 is 0 Å². The number of carbonyl (C=O) groups excluding carboxylic acids is 1. The average molecular weight is 339 g/mol. The number of aryl methyl sites for hydroxylation is 1. The maximum atomic E-state index is 13.3. The van der Waals surface area contributed by atoms with Gasteiger partial charge in [-0.2, -0.15) is 0 Å². The van der Waals surface area contributed by atoms with Crippen LogP contribution in [0.4, 0.5) is 4.39 Å².